The Labute approximate surface area is 294 Å². The summed E-state index contributed by atoms with van der Waals surface area (Å²) in [6, 6.07) is 6.30. The molecule has 0 saturated carbocycles. The molecule has 0 spiro atoms. The predicted octanol–water partition coefficient (Wildman–Crippen LogP) is 1.31. The van der Waals surface area contributed by atoms with E-state index in [1.807, 2.05) is 0 Å². The second kappa shape index (κ2) is 20.6. The highest BCUT2D eigenvalue weighted by atomic mass is 35.5. The highest BCUT2D eigenvalue weighted by Crippen LogP contribution is 2.32. The van der Waals surface area contributed by atoms with Crippen molar-refractivity contribution in [2.45, 2.75) is 50.5 Å². The van der Waals surface area contributed by atoms with Crippen LogP contribution in [0.25, 0.3) is 11.0 Å². The number of ether oxygens (including phenoxy) is 4. The van der Waals surface area contributed by atoms with Crippen LogP contribution in [0.2, 0.25) is 0 Å². The van der Waals surface area contributed by atoms with Gasteiger partial charge in [-0.05, 0) is 37.1 Å². The average Bonchev–Trinajstić information content (AvgIpc) is 3.67. The number of aromatic amines is 1. The number of alkyl halides is 1. The minimum Gasteiger partial charge on any atom is -0.394 e. The van der Waals surface area contributed by atoms with E-state index >= 15 is 0 Å². The average molecular weight is 717 g/mol. The van der Waals surface area contributed by atoms with E-state index in [0.717, 1.165) is 25.7 Å². The summed E-state index contributed by atoms with van der Waals surface area (Å²) in [5, 5.41) is 25.3. The summed E-state index contributed by atoms with van der Waals surface area (Å²) in [7, 11) is 0. The third kappa shape index (κ3) is 11.5. The number of carbonyl (C=O) groups is 2. The van der Waals surface area contributed by atoms with Crippen LogP contribution in [0.15, 0.2) is 35.3 Å². The molecule has 3 aromatic rings. The Morgan fingerprint density at radius 3 is 2.28 bits per heavy atom. The van der Waals surface area contributed by atoms with Crippen molar-refractivity contribution in [1.29, 1.82) is 0 Å². The van der Waals surface area contributed by atoms with Gasteiger partial charge in [0.2, 0.25) is 5.95 Å². The van der Waals surface area contributed by atoms with Gasteiger partial charge in [-0.25, -0.2) is 0 Å². The number of nitrogens with zero attached hydrogens (tertiary/aromatic N) is 2. The van der Waals surface area contributed by atoms with Crippen LogP contribution in [0.3, 0.4) is 0 Å². The van der Waals surface area contributed by atoms with E-state index in [9.17, 15) is 24.6 Å². The zero-order valence-corrected chi connectivity index (χ0v) is 28.6. The fourth-order valence-corrected chi connectivity index (χ4v) is 5.41. The molecule has 0 aliphatic carbocycles. The van der Waals surface area contributed by atoms with Crippen molar-refractivity contribution in [3.05, 3.63) is 57.5 Å². The molecule has 3 heterocycles. The van der Waals surface area contributed by atoms with Crippen molar-refractivity contribution in [3.8, 4) is 11.8 Å². The number of benzene rings is 1. The van der Waals surface area contributed by atoms with E-state index in [4.69, 9.17) is 36.3 Å². The van der Waals surface area contributed by atoms with Crippen molar-refractivity contribution in [2.24, 2.45) is 0 Å². The molecule has 4 rings (SSSR count). The van der Waals surface area contributed by atoms with Crippen LogP contribution in [-0.2, 0) is 18.9 Å². The van der Waals surface area contributed by atoms with Gasteiger partial charge in [0.25, 0.3) is 17.4 Å². The molecule has 16 heteroatoms. The smallest absolute Gasteiger partial charge is 0.263 e. The quantitative estimate of drug-likeness (QED) is 0.0557. The lowest BCUT2D eigenvalue weighted by molar-refractivity contribution is -0.0430. The van der Waals surface area contributed by atoms with Gasteiger partial charge in [-0.15, -0.1) is 11.6 Å². The van der Waals surface area contributed by atoms with E-state index < -0.39 is 24.0 Å². The highest BCUT2D eigenvalue weighted by molar-refractivity contribution is 6.17. The van der Waals surface area contributed by atoms with Gasteiger partial charge in [0.1, 0.15) is 18.9 Å². The van der Waals surface area contributed by atoms with E-state index in [2.05, 4.69) is 32.4 Å². The molecule has 0 radical (unpaired) electrons. The van der Waals surface area contributed by atoms with E-state index in [1.165, 1.54) is 0 Å². The first-order valence-corrected chi connectivity index (χ1v) is 17.1. The van der Waals surface area contributed by atoms with Gasteiger partial charge in [-0.2, -0.15) is 4.98 Å². The molecule has 1 saturated heterocycles. The number of carbonyl (C=O) groups excluding carboxylic acids is 2. The van der Waals surface area contributed by atoms with Gasteiger partial charge in [0.15, 0.2) is 5.65 Å². The molecule has 1 aliphatic rings. The number of unbranched alkanes of at least 4 members (excludes halogenated alkanes) is 3. The summed E-state index contributed by atoms with van der Waals surface area (Å²) in [4.78, 5) is 44.3. The SMILES string of the molecule is Nc1nc2c(c(C#CCOCCNC(=O)c3ccc(C(=O)NCCOCCOCCCCCCCl)cc3)cn2[C@H]2CC(O)[C@@H](CO)O2)c(=O)[nH]1. The van der Waals surface area contributed by atoms with Crippen molar-refractivity contribution in [2.75, 3.05) is 71.0 Å². The Kier molecular flexibility index (Phi) is 16.0. The van der Waals surface area contributed by atoms with Crippen molar-refractivity contribution in [3.63, 3.8) is 0 Å². The van der Waals surface area contributed by atoms with Gasteiger partial charge >= 0.3 is 0 Å². The molecular weight excluding hydrogens is 672 g/mol. The number of hydrogen-bond donors (Lipinski definition) is 6. The van der Waals surface area contributed by atoms with Crippen molar-refractivity contribution >= 4 is 40.4 Å². The zero-order valence-electron chi connectivity index (χ0n) is 27.8. The fraction of sp³-hybridized carbons (Fsp3) is 0.529. The molecule has 50 heavy (non-hydrogen) atoms. The fourth-order valence-electron chi connectivity index (χ4n) is 5.22. The Bertz CT molecular complexity index is 1650. The molecule has 2 amide bonds. The molecule has 272 valence electrons. The number of anilines is 1. The van der Waals surface area contributed by atoms with Crippen molar-refractivity contribution in [1.82, 2.24) is 25.2 Å². The largest absolute Gasteiger partial charge is 0.394 e. The molecule has 0 bridgehead atoms. The minimum atomic E-state index is -0.879. The van der Waals surface area contributed by atoms with Crippen LogP contribution in [0.5, 0.6) is 0 Å². The molecule has 15 nitrogen and oxygen atoms in total. The predicted molar refractivity (Wildman–Crippen MR) is 186 cm³/mol. The number of rotatable bonds is 20. The molecule has 1 aliphatic heterocycles. The standard InChI is InChI=1S/C34H45ClN6O9/c35-11-3-1-2-4-14-48-18-19-49-17-13-38-32(45)24-9-7-23(8-10-24)31(44)37-12-16-47-15-5-6-25-21-41(28-20-26(43)27(22-42)50-28)30-29(25)33(46)40-34(36)39-30/h7-10,21,26-28,42-43H,1-4,11-20,22H2,(H,37,44)(H,38,45)(H3,36,39,40,46)/t26?,27-,28-/m1/s1. The third-order valence-corrected chi connectivity index (χ3v) is 8.08. The Balaban J connectivity index is 1.13. The Hall–Kier alpha value is -4.01. The Morgan fingerprint density at radius 1 is 1.00 bits per heavy atom. The summed E-state index contributed by atoms with van der Waals surface area (Å²) in [5.74, 6) is 5.78. The van der Waals surface area contributed by atoms with Crippen LogP contribution >= 0.6 is 11.6 Å². The zero-order chi connectivity index (χ0) is 35.7. The first-order chi connectivity index (χ1) is 24.3. The number of fused-ring (bicyclic) bond motifs is 1. The van der Waals surface area contributed by atoms with Crippen LogP contribution in [0.1, 0.15) is 64.6 Å². The molecular formula is C34H45ClN6O9. The highest BCUT2D eigenvalue weighted by Gasteiger charge is 2.35. The third-order valence-electron chi connectivity index (χ3n) is 7.81. The summed E-state index contributed by atoms with van der Waals surface area (Å²) in [6.07, 6.45) is 3.74. The minimum absolute atomic E-state index is 0.0203. The number of amides is 2. The second-order valence-corrected chi connectivity index (χ2v) is 11.9. The molecule has 3 atom stereocenters. The van der Waals surface area contributed by atoms with Gasteiger partial charge in [0.05, 0.1) is 50.1 Å². The van der Waals surface area contributed by atoms with Crippen LogP contribution < -0.4 is 21.9 Å². The first-order valence-electron chi connectivity index (χ1n) is 16.6. The monoisotopic (exact) mass is 716 g/mol. The number of H-pyrrole nitrogens is 1. The number of halogens is 1. The van der Waals surface area contributed by atoms with E-state index in [1.54, 1.807) is 35.0 Å². The maximum absolute atomic E-state index is 12.7. The van der Waals surface area contributed by atoms with Crippen LogP contribution in [0, 0.1) is 11.8 Å². The summed E-state index contributed by atoms with van der Waals surface area (Å²) < 4.78 is 23.8. The number of aliphatic hydroxyl groups excluding tert-OH is 2. The molecule has 1 fully saturated rings. The van der Waals surface area contributed by atoms with Gasteiger partial charge < -0.3 is 50.1 Å². The lowest BCUT2D eigenvalue weighted by Crippen LogP contribution is -2.28. The van der Waals surface area contributed by atoms with Gasteiger partial charge in [-0.1, -0.05) is 24.7 Å². The van der Waals surface area contributed by atoms with Crippen molar-refractivity contribution < 1.29 is 38.7 Å². The van der Waals surface area contributed by atoms with Crippen LogP contribution in [0.4, 0.5) is 5.95 Å². The lowest BCUT2D eigenvalue weighted by Gasteiger charge is -2.14. The second-order valence-electron chi connectivity index (χ2n) is 11.5. The number of nitrogens with two attached hydrogens (primary N) is 1. The lowest BCUT2D eigenvalue weighted by atomic mass is 10.1. The molecule has 1 aromatic carbocycles. The van der Waals surface area contributed by atoms with E-state index in [-0.39, 0.29) is 61.6 Å². The van der Waals surface area contributed by atoms with Gasteiger partial charge in [0, 0.05) is 49.3 Å². The topological polar surface area (TPSA) is 212 Å². The summed E-state index contributed by atoms with van der Waals surface area (Å²) in [6.45, 7) is 2.46. The number of nitrogen functional groups attached to an aromatic ring is 1. The first kappa shape index (κ1) is 38.8. The molecule has 7 N–H and O–H groups in total. The van der Waals surface area contributed by atoms with Crippen LogP contribution in [-0.4, -0.2) is 114 Å². The number of aromatic nitrogens is 3. The molecule has 1 unspecified atom stereocenters. The van der Waals surface area contributed by atoms with Gasteiger partial charge in [-0.3, -0.25) is 19.4 Å². The number of aliphatic hydroxyl groups is 2. The Morgan fingerprint density at radius 2 is 1.64 bits per heavy atom. The maximum Gasteiger partial charge on any atom is 0.263 e. The molecule has 2 aromatic heterocycles. The summed E-state index contributed by atoms with van der Waals surface area (Å²) in [5.41, 5.74) is 6.70. The van der Waals surface area contributed by atoms with E-state index in [0.29, 0.717) is 55.5 Å². The number of nitrogens with one attached hydrogen (secondary N) is 3. The summed E-state index contributed by atoms with van der Waals surface area (Å²) >= 11 is 5.66. The maximum atomic E-state index is 12.7. The normalized spacial score (nSPS) is 17.1. The number of hydrogen-bond acceptors (Lipinski definition) is 11.